The lowest BCUT2D eigenvalue weighted by atomic mass is 9.85. The second kappa shape index (κ2) is 7.57. The van der Waals surface area contributed by atoms with Gasteiger partial charge in [-0.05, 0) is 77.5 Å². The predicted octanol–water partition coefficient (Wildman–Crippen LogP) is 9.63. The standard InChI is InChI=1S/C34H22/c1-3-11-25-21-27(19-17-23(25)9-1)33-29-13-5-7-15-31(29)34(32-16-8-6-14-30(32)33)28-20-18-24-10-2-4-12-26(24)22-28/h1-22H/i1D,5D,6D,7D,8D,9D,11D,13D,14D,15D,16D,17D,19D,21D. The molecule has 158 valence electrons. The van der Waals surface area contributed by atoms with Gasteiger partial charge in [0.25, 0.3) is 0 Å². The third kappa shape index (κ3) is 2.93. The van der Waals surface area contributed by atoms with Crippen LogP contribution >= 0.6 is 0 Å². The average Bonchev–Trinajstić information content (AvgIpc) is 3.07. The third-order valence-electron chi connectivity index (χ3n) is 5.96. The topological polar surface area (TPSA) is 0 Å². The maximum Gasteiger partial charge on any atom is 0.0636 e. The second-order valence-corrected chi connectivity index (χ2v) is 7.87. The highest BCUT2D eigenvalue weighted by Gasteiger charge is 2.16. The molecule has 0 fully saturated rings. The maximum atomic E-state index is 9.27. The Labute approximate surface area is 218 Å². The van der Waals surface area contributed by atoms with Gasteiger partial charge < -0.3 is 0 Å². The molecule has 0 heteroatoms. The van der Waals surface area contributed by atoms with Crippen molar-refractivity contribution in [3.05, 3.63) is 133 Å². The number of rotatable bonds is 2. The number of benzene rings is 7. The maximum absolute atomic E-state index is 9.27. The van der Waals surface area contributed by atoms with E-state index in [0.717, 1.165) is 16.8 Å². The molecule has 0 spiro atoms. The van der Waals surface area contributed by atoms with Gasteiger partial charge in [0.15, 0.2) is 0 Å². The van der Waals surface area contributed by atoms with Crippen LogP contribution in [-0.2, 0) is 0 Å². The zero-order chi connectivity index (χ0) is 34.7. The molecule has 34 heavy (non-hydrogen) atoms. The summed E-state index contributed by atoms with van der Waals surface area (Å²) in [5.74, 6) is 0. The molecule has 0 aromatic heterocycles. The molecule has 0 heterocycles. The van der Waals surface area contributed by atoms with Crippen molar-refractivity contribution in [2.24, 2.45) is 0 Å². The fourth-order valence-corrected chi connectivity index (χ4v) is 4.46. The zero-order valence-electron chi connectivity index (χ0n) is 31.6. The van der Waals surface area contributed by atoms with Crippen LogP contribution < -0.4 is 0 Å². The van der Waals surface area contributed by atoms with E-state index in [1.165, 1.54) is 0 Å². The molecular formula is C34H22. The summed E-state index contributed by atoms with van der Waals surface area (Å²) >= 11 is 0. The summed E-state index contributed by atoms with van der Waals surface area (Å²) in [6.45, 7) is 0. The van der Waals surface area contributed by atoms with Crippen molar-refractivity contribution in [2.75, 3.05) is 0 Å². The first kappa shape index (κ1) is 9.83. The minimum atomic E-state index is -0.660. The van der Waals surface area contributed by atoms with Crippen LogP contribution in [0.1, 0.15) is 19.2 Å². The van der Waals surface area contributed by atoms with Gasteiger partial charge in [-0.2, -0.15) is 0 Å². The smallest absolute Gasteiger partial charge is 0.0616 e. The predicted molar refractivity (Wildman–Crippen MR) is 147 cm³/mol. The highest BCUT2D eigenvalue weighted by molar-refractivity contribution is 6.22. The molecule has 0 saturated carbocycles. The first-order chi connectivity index (χ1) is 22.7. The summed E-state index contributed by atoms with van der Waals surface area (Å²) in [5, 5.41) is 0.439. The van der Waals surface area contributed by atoms with E-state index in [-0.39, 0.29) is 55.5 Å². The van der Waals surface area contributed by atoms with Crippen LogP contribution in [0.25, 0.3) is 65.3 Å². The molecule has 0 aliphatic heterocycles. The van der Waals surface area contributed by atoms with Crippen molar-refractivity contribution in [3.8, 4) is 22.3 Å². The van der Waals surface area contributed by atoms with Gasteiger partial charge in [-0.25, -0.2) is 0 Å². The van der Waals surface area contributed by atoms with Crippen LogP contribution in [0.4, 0.5) is 0 Å². The molecule has 7 aromatic carbocycles. The van der Waals surface area contributed by atoms with Gasteiger partial charge >= 0.3 is 0 Å². The number of hydrogen-bond acceptors (Lipinski definition) is 0. The summed E-state index contributed by atoms with van der Waals surface area (Å²) in [4.78, 5) is 0. The first-order valence-electron chi connectivity index (χ1n) is 17.6. The average molecular weight is 445 g/mol. The molecule has 0 bridgehead atoms. The Morgan fingerprint density at radius 3 is 1.76 bits per heavy atom. The molecule has 0 N–H and O–H groups in total. The molecule has 0 atom stereocenters. The van der Waals surface area contributed by atoms with Gasteiger partial charge in [0.05, 0.1) is 19.2 Å². The summed E-state index contributed by atoms with van der Waals surface area (Å²) in [5.41, 5.74) is -0.174. The van der Waals surface area contributed by atoms with Crippen LogP contribution in [0.3, 0.4) is 0 Å². The number of hydrogen-bond donors (Lipinski definition) is 0. The van der Waals surface area contributed by atoms with Crippen LogP contribution in [0.15, 0.2) is 133 Å². The fourth-order valence-electron chi connectivity index (χ4n) is 4.46. The van der Waals surface area contributed by atoms with E-state index in [1.54, 1.807) is 18.2 Å². The fraction of sp³-hybridized carbons (Fsp3) is 0. The molecule has 0 aliphatic carbocycles. The van der Waals surface area contributed by atoms with Gasteiger partial charge in [-0.15, -0.1) is 0 Å². The Bertz CT molecular complexity index is 2530. The Hall–Kier alpha value is -4.42. The lowest BCUT2D eigenvalue weighted by Gasteiger charge is -2.18. The van der Waals surface area contributed by atoms with Crippen molar-refractivity contribution in [2.45, 2.75) is 0 Å². The molecule has 0 saturated heterocycles. The molecule has 7 aromatic rings. The molecule has 0 unspecified atom stereocenters. The molecule has 0 aliphatic rings. The highest BCUT2D eigenvalue weighted by Crippen LogP contribution is 2.44. The zero-order valence-corrected chi connectivity index (χ0v) is 17.6. The van der Waals surface area contributed by atoms with Crippen LogP contribution in [0.2, 0.25) is 0 Å². The molecular weight excluding hydrogens is 408 g/mol. The van der Waals surface area contributed by atoms with Crippen molar-refractivity contribution >= 4 is 43.1 Å². The van der Waals surface area contributed by atoms with Gasteiger partial charge in [-0.3, -0.25) is 0 Å². The van der Waals surface area contributed by atoms with Gasteiger partial charge in [0.2, 0.25) is 0 Å². The Kier molecular flexibility index (Phi) is 2.19. The van der Waals surface area contributed by atoms with Crippen LogP contribution in [-0.4, -0.2) is 0 Å². The van der Waals surface area contributed by atoms with Crippen molar-refractivity contribution in [1.29, 1.82) is 0 Å². The molecule has 7 rings (SSSR count). The van der Waals surface area contributed by atoms with E-state index in [1.807, 2.05) is 24.3 Å². The summed E-state index contributed by atoms with van der Waals surface area (Å²) in [6.07, 6.45) is 0. The van der Waals surface area contributed by atoms with E-state index in [2.05, 4.69) is 0 Å². The van der Waals surface area contributed by atoms with E-state index < -0.39 is 78.1 Å². The largest absolute Gasteiger partial charge is 0.0636 e. The third-order valence-corrected chi connectivity index (χ3v) is 5.96. The first-order valence-corrected chi connectivity index (χ1v) is 10.6. The van der Waals surface area contributed by atoms with E-state index in [4.69, 9.17) is 17.8 Å². The van der Waals surface area contributed by atoms with Crippen molar-refractivity contribution in [3.63, 3.8) is 0 Å². The second-order valence-electron chi connectivity index (χ2n) is 7.87. The quantitative estimate of drug-likeness (QED) is 0.233. The molecule has 0 amide bonds. The normalized spacial score (nSPS) is 17.3. The Morgan fingerprint density at radius 2 is 1.06 bits per heavy atom. The Morgan fingerprint density at radius 1 is 0.412 bits per heavy atom. The van der Waals surface area contributed by atoms with Gasteiger partial charge in [-0.1, -0.05) is 121 Å². The van der Waals surface area contributed by atoms with Crippen LogP contribution in [0, 0.1) is 0 Å². The Balaban J connectivity index is 1.86. The minimum absolute atomic E-state index is 0.104. The SMILES string of the molecule is [2H]c1cc([2H])c2c([2H])c(-c3c4c([2H])c([2H])c([2H])c([2H])c4c(-c4ccc5ccccc5c4)c4c([2H])c([2H])c([2H])c([2H])c34)c([2H])c([2H])c2c1[2H]. The lowest BCUT2D eigenvalue weighted by molar-refractivity contribution is 1.68. The summed E-state index contributed by atoms with van der Waals surface area (Å²) < 4.78 is 123. The summed E-state index contributed by atoms with van der Waals surface area (Å²) in [7, 11) is 0. The van der Waals surface area contributed by atoms with Crippen molar-refractivity contribution in [1.82, 2.24) is 0 Å². The molecule has 0 radical (unpaired) electrons. The van der Waals surface area contributed by atoms with Crippen LogP contribution in [0.5, 0.6) is 0 Å². The van der Waals surface area contributed by atoms with Gasteiger partial charge in [0.1, 0.15) is 0 Å². The highest BCUT2D eigenvalue weighted by atomic mass is 14.2. The van der Waals surface area contributed by atoms with E-state index in [9.17, 15) is 1.37 Å². The summed E-state index contributed by atoms with van der Waals surface area (Å²) in [6, 6.07) is 5.92. The number of fused-ring (bicyclic) bond motifs is 4. The minimum Gasteiger partial charge on any atom is -0.0616 e. The van der Waals surface area contributed by atoms with Gasteiger partial charge in [0, 0.05) is 0 Å². The van der Waals surface area contributed by atoms with Crippen molar-refractivity contribution < 1.29 is 19.2 Å². The van der Waals surface area contributed by atoms with E-state index in [0.29, 0.717) is 5.56 Å². The lowest BCUT2D eigenvalue weighted by Crippen LogP contribution is -1.91. The molecule has 0 nitrogen and oxygen atoms in total. The monoisotopic (exact) mass is 444 g/mol. The van der Waals surface area contributed by atoms with E-state index >= 15 is 0 Å².